The summed E-state index contributed by atoms with van der Waals surface area (Å²) in [5, 5.41) is 0. The smallest absolute Gasteiger partial charge is 0.263 e. The number of imide groups is 1. The standard InChI is InChI=1S/C15H21N3O2/c1-3-17(4-2)9-6-10-18-14(19)11-7-5-8-12(16)13(11)15(18)20/h5,7-8H,3-4,6,9-10,16H2,1-2H3. The SMILES string of the molecule is CCN(CC)CCCN1C(=O)c2cccc(N)c2C1=O. The summed E-state index contributed by atoms with van der Waals surface area (Å²) in [5.41, 5.74) is 6.97. The van der Waals surface area contributed by atoms with Crippen LogP contribution in [0.25, 0.3) is 0 Å². The summed E-state index contributed by atoms with van der Waals surface area (Å²) >= 11 is 0. The van der Waals surface area contributed by atoms with Crippen molar-refractivity contribution in [3.63, 3.8) is 0 Å². The molecule has 1 aromatic rings. The fraction of sp³-hybridized carbons (Fsp3) is 0.467. The number of carbonyl (C=O) groups excluding carboxylic acids is 2. The van der Waals surface area contributed by atoms with Gasteiger partial charge in [0, 0.05) is 12.2 Å². The van der Waals surface area contributed by atoms with Crippen LogP contribution < -0.4 is 5.73 Å². The van der Waals surface area contributed by atoms with Crippen LogP contribution in [0.3, 0.4) is 0 Å². The maximum Gasteiger partial charge on any atom is 0.263 e. The van der Waals surface area contributed by atoms with Gasteiger partial charge >= 0.3 is 0 Å². The van der Waals surface area contributed by atoms with E-state index in [2.05, 4.69) is 18.7 Å². The number of nitrogens with zero attached hydrogens (tertiary/aromatic N) is 2. The van der Waals surface area contributed by atoms with Crippen molar-refractivity contribution in [1.29, 1.82) is 0 Å². The Morgan fingerprint density at radius 2 is 1.85 bits per heavy atom. The van der Waals surface area contributed by atoms with Gasteiger partial charge in [-0.15, -0.1) is 0 Å². The summed E-state index contributed by atoms with van der Waals surface area (Å²) in [6, 6.07) is 5.03. The predicted octanol–water partition coefficient (Wildman–Crippen LogP) is 1.60. The minimum atomic E-state index is -0.261. The second-order valence-electron chi connectivity index (χ2n) is 4.91. The van der Waals surface area contributed by atoms with Crippen LogP contribution in [0, 0.1) is 0 Å². The van der Waals surface area contributed by atoms with E-state index >= 15 is 0 Å². The van der Waals surface area contributed by atoms with E-state index in [1.165, 1.54) is 4.90 Å². The van der Waals surface area contributed by atoms with E-state index in [-0.39, 0.29) is 11.8 Å². The van der Waals surface area contributed by atoms with Gasteiger partial charge in [-0.2, -0.15) is 0 Å². The number of benzene rings is 1. The lowest BCUT2D eigenvalue weighted by Crippen LogP contribution is -2.33. The maximum absolute atomic E-state index is 12.3. The van der Waals surface area contributed by atoms with Gasteiger partial charge in [0.25, 0.3) is 11.8 Å². The zero-order valence-corrected chi connectivity index (χ0v) is 12.1. The Kier molecular flexibility index (Phi) is 4.39. The van der Waals surface area contributed by atoms with Crippen LogP contribution in [0.15, 0.2) is 18.2 Å². The second-order valence-corrected chi connectivity index (χ2v) is 4.91. The van der Waals surface area contributed by atoms with Gasteiger partial charge < -0.3 is 10.6 Å². The van der Waals surface area contributed by atoms with E-state index in [1.807, 2.05) is 0 Å². The molecule has 0 unspecified atom stereocenters. The quantitative estimate of drug-likeness (QED) is 0.632. The lowest BCUT2D eigenvalue weighted by Gasteiger charge is -2.20. The number of fused-ring (bicyclic) bond motifs is 1. The van der Waals surface area contributed by atoms with E-state index in [4.69, 9.17) is 5.73 Å². The molecule has 2 rings (SSSR count). The highest BCUT2D eigenvalue weighted by Gasteiger charge is 2.36. The molecule has 0 aromatic heterocycles. The number of rotatable bonds is 6. The van der Waals surface area contributed by atoms with Crippen LogP contribution in [-0.4, -0.2) is 47.8 Å². The molecule has 0 fully saturated rings. The molecule has 0 aliphatic carbocycles. The number of hydrogen-bond donors (Lipinski definition) is 1. The molecule has 5 nitrogen and oxygen atoms in total. The van der Waals surface area contributed by atoms with Crippen molar-refractivity contribution in [2.45, 2.75) is 20.3 Å². The topological polar surface area (TPSA) is 66.6 Å². The Bertz CT molecular complexity index is 524. The van der Waals surface area contributed by atoms with E-state index in [0.29, 0.717) is 23.4 Å². The fourth-order valence-electron chi connectivity index (χ4n) is 2.56. The van der Waals surface area contributed by atoms with Crippen molar-refractivity contribution in [2.24, 2.45) is 0 Å². The minimum Gasteiger partial charge on any atom is -0.398 e. The number of nitrogen functional groups attached to an aromatic ring is 1. The Balaban J connectivity index is 2.04. The van der Waals surface area contributed by atoms with Crippen LogP contribution in [0.2, 0.25) is 0 Å². The first kappa shape index (κ1) is 14.5. The molecular weight excluding hydrogens is 254 g/mol. The Morgan fingerprint density at radius 3 is 2.45 bits per heavy atom. The molecule has 20 heavy (non-hydrogen) atoms. The van der Waals surface area contributed by atoms with Gasteiger partial charge in [-0.25, -0.2) is 0 Å². The van der Waals surface area contributed by atoms with E-state index in [9.17, 15) is 9.59 Å². The normalized spacial score (nSPS) is 14.2. The zero-order chi connectivity index (χ0) is 14.7. The molecule has 0 saturated heterocycles. The molecule has 1 aliphatic heterocycles. The van der Waals surface area contributed by atoms with Crippen LogP contribution in [-0.2, 0) is 0 Å². The fourth-order valence-corrected chi connectivity index (χ4v) is 2.56. The van der Waals surface area contributed by atoms with Crippen molar-refractivity contribution in [3.05, 3.63) is 29.3 Å². The first-order valence-corrected chi connectivity index (χ1v) is 7.07. The highest BCUT2D eigenvalue weighted by atomic mass is 16.2. The molecule has 0 radical (unpaired) electrons. The Morgan fingerprint density at radius 1 is 1.15 bits per heavy atom. The molecule has 1 heterocycles. The van der Waals surface area contributed by atoms with E-state index in [0.717, 1.165) is 26.1 Å². The number of carbonyl (C=O) groups is 2. The first-order chi connectivity index (χ1) is 9.60. The molecule has 0 bridgehead atoms. The highest BCUT2D eigenvalue weighted by molar-refractivity contribution is 6.23. The number of anilines is 1. The molecule has 0 saturated carbocycles. The van der Waals surface area contributed by atoms with Gasteiger partial charge in [0.2, 0.25) is 0 Å². The van der Waals surface area contributed by atoms with E-state index in [1.54, 1.807) is 18.2 Å². The minimum absolute atomic E-state index is 0.225. The monoisotopic (exact) mass is 275 g/mol. The van der Waals surface area contributed by atoms with Gasteiger partial charge in [0.15, 0.2) is 0 Å². The van der Waals surface area contributed by atoms with Gasteiger partial charge in [-0.3, -0.25) is 14.5 Å². The largest absolute Gasteiger partial charge is 0.398 e. The van der Waals surface area contributed by atoms with E-state index < -0.39 is 0 Å². The molecule has 108 valence electrons. The number of amides is 2. The molecule has 5 heteroatoms. The molecule has 0 atom stereocenters. The van der Waals surface area contributed by atoms with Gasteiger partial charge in [0.1, 0.15) is 0 Å². The lowest BCUT2D eigenvalue weighted by atomic mass is 10.1. The molecule has 2 amide bonds. The third kappa shape index (κ3) is 2.54. The Hall–Kier alpha value is -1.88. The Labute approximate surface area is 119 Å². The summed E-state index contributed by atoms with van der Waals surface area (Å²) < 4.78 is 0. The van der Waals surface area contributed by atoms with Crippen LogP contribution in [0.5, 0.6) is 0 Å². The maximum atomic E-state index is 12.3. The predicted molar refractivity (Wildman–Crippen MR) is 78.6 cm³/mol. The third-order valence-electron chi connectivity index (χ3n) is 3.78. The van der Waals surface area contributed by atoms with Gasteiger partial charge in [-0.05, 0) is 38.2 Å². The summed E-state index contributed by atoms with van der Waals surface area (Å²) in [6.07, 6.45) is 0.785. The summed E-state index contributed by atoms with van der Waals surface area (Å²) in [5.74, 6) is -0.487. The van der Waals surface area contributed by atoms with Crippen molar-refractivity contribution in [3.8, 4) is 0 Å². The summed E-state index contributed by atoms with van der Waals surface area (Å²) in [7, 11) is 0. The molecule has 0 spiro atoms. The van der Waals surface area contributed by atoms with Crippen molar-refractivity contribution in [1.82, 2.24) is 9.80 Å². The second kappa shape index (κ2) is 6.05. The highest BCUT2D eigenvalue weighted by Crippen LogP contribution is 2.27. The lowest BCUT2D eigenvalue weighted by molar-refractivity contribution is 0.0648. The zero-order valence-electron chi connectivity index (χ0n) is 12.1. The van der Waals surface area contributed by atoms with Gasteiger partial charge in [-0.1, -0.05) is 19.9 Å². The van der Waals surface area contributed by atoms with Crippen molar-refractivity contribution in [2.75, 3.05) is 31.9 Å². The summed E-state index contributed by atoms with van der Waals surface area (Å²) in [4.78, 5) is 28.0. The van der Waals surface area contributed by atoms with Crippen molar-refractivity contribution >= 4 is 17.5 Å². The first-order valence-electron chi connectivity index (χ1n) is 7.07. The van der Waals surface area contributed by atoms with Crippen molar-refractivity contribution < 1.29 is 9.59 Å². The number of nitrogens with two attached hydrogens (primary N) is 1. The molecule has 1 aromatic carbocycles. The average molecular weight is 275 g/mol. The molecular formula is C15H21N3O2. The average Bonchev–Trinajstić information content (AvgIpc) is 2.69. The molecule has 1 aliphatic rings. The van der Waals surface area contributed by atoms with Gasteiger partial charge in [0.05, 0.1) is 11.1 Å². The number of hydrogen-bond acceptors (Lipinski definition) is 4. The van der Waals surface area contributed by atoms with Crippen LogP contribution >= 0.6 is 0 Å². The molecule has 2 N–H and O–H groups in total. The summed E-state index contributed by atoms with van der Waals surface area (Å²) in [6.45, 7) is 7.49. The third-order valence-corrected chi connectivity index (χ3v) is 3.78. The van der Waals surface area contributed by atoms with Crippen LogP contribution in [0.4, 0.5) is 5.69 Å². The van der Waals surface area contributed by atoms with Crippen LogP contribution in [0.1, 0.15) is 41.0 Å².